The van der Waals surface area contributed by atoms with Crippen molar-refractivity contribution in [2.45, 2.75) is 51.3 Å². The number of carbonyl (C=O) groups is 1. The number of carboxylic acids is 1. The Morgan fingerprint density at radius 2 is 1.94 bits per heavy atom. The van der Waals surface area contributed by atoms with E-state index in [4.69, 9.17) is 0 Å². The maximum atomic E-state index is 13.0. The summed E-state index contributed by atoms with van der Waals surface area (Å²) in [4.78, 5) is 23.1. The molecule has 3 aromatic rings. The third kappa shape index (κ3) is 5.45. The van der Waals surface area contributed by atoms with Crippen LogP contribution in [0.25, 0.3) is 5.69 Å². The van der Waals surface area contributed by atoms with Crippen LogP contribution in [0.2, 0.25) is 0 Å². The van der Waals surface area contributed by atoms with Crippen molar-refractivity contribution in [3.05, 3.63) is 59.9 Å². The Hall–Kier alpha value is -3.47. The molecule has 35 heavy (non-hydrogen) atoms. The minimum atomic E-state index is -4.57. The molecule has 186 valence electrons. The molecular weight excluding hydrogens is 463 g/mol. The van der Waals surface area contributed by atoms with E-state index in [1.807, 2.05) is 13.0 Å². The zero-order chi connectivity index (χ0) is 25.4. The van der Waals surface area contributed by atoms with E-state index in [2.05, 4.69) is 20.3 Å². The molecule has 2 heterocycles. The Labute approximate surface area is 199 Å². The van der Waals surface area contributed by atoms with Crippen LogP contribution in [0.1, 0.15) is 49.6 Å². The summed E-state index contributed by atoms with van der Waals surface area (Å²) in [5, 5.41) is 23.3. The molecule has 4 rings (SSSR count). The molecule has 0 radical (unpaired) electrons. The Morgan fingerprint density at radius 3 is 2.60 bits per heavy atom. The van der Waals surface area contributed by atoms with Crippen LogP contribution in [0.15, 0.2) is 43.0 Å². The van der Waals surface area contributed by atoms with Gasteiger partial charge >= 0.3 is 12.1 Å². The number of aliphatic hydroxyl groups is 1. The van der Waals surface area contributed by atoms with Crippen LogP contribution in [-0.2, 0) is 16.6 Å². The van der Waals surface area contributed by atoms with Crippen LogP contribution >= 0.6 is 0 Å². The molecule has 8 nitrogen and oxygen atoms in total. The Bertz CT molecular complexity index is 1220. The van der Waals surface area contributed by atoms with Crippen molar-refractivity contribution in [1.29, 1.82) is 0 Å². The number of rotatable bonds is 6. The largest absolute Gasteiger partial charge is 0.481 e. The number of carboxylic acid groups (broad SMARTS) is 1. The second kappa shape index (κ2) is 9.29. The molecule has 0 spiro atoms. The lowest BCUT2D eigenvalue weighted by Gasteiger charge is -2.36. The molecular formula is C24H26F3N5O3. The van der Waals surface area contributed by atoms with Crippen molar-refractivity contribution >= 4 is 17.6 Å². The van der Waals surface area contributed by atoms with Gasteiger partial charge in [-0.2, -0.15) is 13.2 Å². The van der Waals surface area contributed by atoms with Crippen molar-refractivity contribution < 1.29 is 28.2 Å². The molecule has 0 amide bonds. The molecule has 1 saturated carbocycles. The topological polar surface area (TPSA) is 113 Å². The van der Waals surface area contributed by atoms with Crippen LogP contribution in [0.5, 0.6) is 0 Å². The fourth-order valence-electron chi connectivity index (χ4n) is 4.47. The lowest BCUT2D eigenvalue weighted by Crippen LogP contribution is -2.35. The quantitative estimate of drug-likeness (QED) is 0.454. The van der Waals surface area contributed by atoms with Crippen LogP contribution in [0.3, 0.4) is 0 Å². The van der Waals surface area contributed by atoms with Gasteiger partial charge in [-0.25, -0.2) is 15.0 Å². The number of imidazole rings is 1. The fourth-order valence-corrected chi connectivity index (χ4v) is 4.47. The van der Waals surface area contributed by atoms with E-state index in [0.29, 0.717) is 42.8 Å². The number of aromatic nitrogens is 4. The van der Waals surface area contributed by atoms with Gasteiger partial charge in [0, 0.05) is 23.8 Å². The number of aryl methyl sites for hydroxylation is 1. The summed E-state index contributed by atoms with van der Waals surface area (Å²) in [5.41, 5.74) is 0.344. The van der Waals surface area contributed by atoms with Crippen LogP contribution in [-0.4, -0.2) is 35.7 Å². The molecule has 1 aliphatic carbocycles. The number of alkyl halides is 3. The van der Waals surface area contributed by atoms with E-state index >= 15 is 0 Å². The first-order chi connectivity index (χ1) is 16.4. The lowest BCUT2D eigenvalue weighted by molar-refractivity contribution is -0.144. The maximum absolute atomic E-state index is 13.0. The van der Waals surface area contributed by atoms with Gasteiger partial charge in [0.15, 0.2) is 0 Å². The van der Waals surface area contributed by atoms with Gasteiger partial charge in [-0.05, 0) is 68.4 Å². The van der Waals surface area contributed by atoms with Crippen LogP contribution in [0, 0.1) is 18.8 Å². The summed E-state index contributed by atoms with van der Waals surface area (Å²) < 4.78 is 40.6. The lowest BCUT2D eigenvalue weighted by atomic mass is 9.73. The SMILES string of the molecule is Cc1cc(Nc2nccc(C(F)(F)F)n2)cc(-n2cnc([C@]3(O)CC[C@H](C(C)C(=O)O)CC3)c2)c1. The van der Waals surface area contributed by atoms with Crippen LogP contribution in [0.4, 0.5) is 24.8 Å². The smallest absolute Gasteiger partial charge is 0.433 e. The standard InChI is InChI=1S/C24H26F3N5O3/c1-14-9-17(30-22-28-8-5-19(31-22)24(25,26)27)11-18(10-14)32-12-20(29-13-32)23(35)6-3-16(4-7-23)15(2)21(33)34/h5,8-13,15-16,35H,3-4,6-7H2,1-2H3,(H,33,34)(H,28,30,31)/t15?,16-,23-. The third-order valence-corrected chi connectivity index (χ3v) is 6.58. The van der Waals surface area contributed by atoms with E-state index in [0.717, 1.165) is 17.8 Å². The van der Waals surface area contributed by atoms with E-state index in [1.54, 1.807) is 36.1 Å². The van der Waals surface area contributed by atoms with Crippen LogP contribution < -0.4 is 5.32 Å². The highest BCUT2D eigenvalue weighted by molar-refractivity contribution is 5.69. The highest BCUT2D eigenvalue weighted by atomic mass is 19.4. The Kier molecular flexibility index (Phi) is 6.54. The van der Waals surface area contributed by atoms with Crippen molar-refractivity contribution in [3.63, 3.8) is 0 Å². The first-order valence-corrected chi connectivity index (χ1v) is 11.2. The van der Waals surface area contributed by atoms with Gasteiger partial charge in [0.1, 0.15) is 11.3 Å². The van der Waals surface area contributed by atoms with Crippen molar-refractivity contribution in [2.24, 2.45) is 11.8 Å². The number of benzene rings is 1. The number of aliphatic carboxylic acids is 1. The van der Waals surface area contributed by atoms with Gasteiger partial charge in [0.2, 0.25) is 5.95 Å². The van der Waals surface area contributed by atoms with Gasteiger partial charge in [0.25, 0.3) is 0 Å². The summed E-state index contributed by atoms with van der Waals surface area (Å²) in [6.07, 6.45) is 1.77. The molecule has 1 fully saturated rings. The molecule has 0 aliphatic heterocycles. The first kappa shape index (κ1) is 24.6. The molecule has 1 aliphatic rings. The normalized spacial score (nSPS) is 21.5. The molecule has 1 atom stereocenters. The minimum Gasteiger partial charge on any atom is -0.481 e. The highest BCUT2D eigenvalue weighted by Crippen LogP contribution is 2.41. The number of hydrogen-bond acceptors (Lipinski definition) is 6. The monoisotopic (exact) mass is 489 g/mol. The summed E-state index contributed by atoms with van der Waals surface area (Å²) >= 11 is 0. The predicted octanol–water partition coefficient (Wildman–Crippen LogP) is 4.83. The predicted molar refractivity (Wildman–Crippen MR) is 121 cm³/mol. The number of nitrogens with one attached hydrogen (secondary N) is 1. The zero-order valence-corrected chi connectivity index (χ0v) is 19.3. The number of hydrogen-bond donors (Lipinski definition) is 3. The average molecular weight is 489 g/mol. The average Bonchev–Trinajstić information content (AvgIpc) is 3.30. The van der Waals surface area contributed by atoms with E-state index < -0.39 is 29.4 Å². The third-order valence-electron chi connectivity index (χ3n) is 6.58. The van der Waals surface area contributed by atoms with Gasteiger partial charge < -0.3 is 20.1 Å². The number of halogens is 3. The fraction of sp³-hybridized carbons (Fsp3) is 0.417. The number of anilines is 2. The molecule has 2 aromatic heterocycles. The summed E-state index contributed by atoms with van der Waals surface area (Å²) in [6, 6.07) is 6.15. The van der Waals surface area contributed by atoms with Crippen molar-refractivity contribution in [3.8, 4) is 5.69 Å². The Morgan fingerprint density at radius 1 is 1.23 bits per heavy atom. The Balaban J connectivity index is 1.53. The second-order valence-corrected chi connectivity index (χ2v) is 9.11. The van der Waals surface area contributed by atoms with E-state index in [9.17, 15) is 28.2 Å². The van der Waals surface area contributed by atoms with Crippen molar-refractivity contribution in [1.82, 2.24) is 19.5 Å². The molecule has 1 unspecified atom stereocenters. The van der Waals surface area contributed by atoms with Gasteiger partial charge in [-0.15, -0.1) is 0 Å². The summed E-state index contributed by atoms with van der Waals surface area (Å²) in [5.74, 6) is -1.46. The van der Waals surface area contributed by atoms with E-state index in [1.165, 1.54) is 0 Å². The van der Waals surface area contributed by atoms with Gasteiger partial charge in [-0.3, -0.25) is 4.79 Å². The number of nitrogens with zero attached hydrogens (tertiary/aromatic N) is 4. The second-order valence-electron chi connectivity index (χ2n) is 9.11. The highest BCUT2D eigenvalue weighted by Gasteiger charge is 2.39. The molecule has 1 aromatic carbocycles. The zero-order valence-electron chi connectivity index (χ0n) is 19.3. The van der Waals surface area contributed by atoms with E-state index in [-0.39, 0.29) is 11.9 Å². The minimum absolute atomic E-state index is 0.0123. The van der Waals surface area contributed by atoms with Gasteiger partial charge in [-0.1, -0.05) is 6.92 Å². The molecule has 0 bridgehead atoms. The maximum Gasteiger partial charge on any atom is 0.433 e. The summed E-state index contributed by atoms with van der Waals surface area (Å²) in [7, 11) is 0. The van der Waals surface area contributed by atoms with Crippen molar-refractivity contribution in [2.75, 3.05) is 5.32 Å². The van der Waals surface area contributed by atoms with Gasteiger partial charge in [0.05, 0.1) is 17.9 Å². The first-order valence-electron chi connectivity index (χ1n) is 11.2. The summed E-state index contributed by atoms with van der Waals surface area (Å²) in [6.45, 7) is 3.54. The molecule has 0 saturated heterocycles. The molecule has 11 heteroatoms. The molecule has 3 N–H and O–H groups in total.